The Bertz CT molecular complexity index is 422. The zero-order chi connectivity index (χ0) is 12.1. The summed E-state index contributed by atoms with van der Waals surface area (Å²) in [5.41, 5.74) is 7.31. The van der Waals surface area contributed by atoms with Crippen molar-refractivity contribution in [3.05, 3.63) is 35.9 Å². The molecule has 1 aliphatic carbocycles. The predicted octanol–water partition coefficient (Wildman–Crippen LogP) is 2.20. The van der Waals surface area contributed by atoms with Crippen LogP contribution in [0.25, 0.3) is 6.08 Å². The topological polar surface area (TPSA) is 55.1 Å². The van der Waals surface area contributed by atoms with Crippen molar-refractivity contribution < 1.29 is 4.79 Å². The van der Waals surface area contributed by atoms with Gasteiger partial charge in [0.15, 0.2) is 0 Å². The Labute approximate surface area is 102 Å². The number of nitrogens with two attached hydrogens (primary N) is 1. The number of nitrogen functional groups attached to an aromatic ring is 1. The number of nitrogens with one attached hydrogen (secondary N) is 1. The molecule has 0 aromatic heterocycles. The Hall–Kier alpha value is -1.77. The molecule has 1 aromatic rings. The Morgan fingerprint density at radius 3 is 2.94 bits per heavy atom. The van der Waals surface area contributed by atoms with Gasteiger partial charge in [-0.15, -0.1) is 0 Å². The minimum atomic E-state index is -0.0284. The van der Waals surface area contributed by atoms with Crippen molar-refractivity contribution in [2.75, 3.05) is 12.3 Å². The molecular formula is C14H18N2O. The highest BCUT2D eigenvalue weighted by Crippen LogP contribution is 2.25. The highest BCUT2D eigenvalue weighted by atomic mass is 16.1. The third-order valence-electron chi connectivity index (χ3n) is 3.13. The first-order chi connectivity index (χ1) is 8.24. The first-order valence-electron chi connectivity index (χ1n) is 6.05. The van der Waals surface area contributed by atoms with E-state index < -0.39 is 0 Å². The van der Waals surface area contributed by atoms with Gasteiger partial charge in [0.2, 0.25) is 5.91 Å². The van der Waals surface area contributed by atoms with Crippen molar-refractivity contribution in [3.8, 4) is 0 Å². The van der Waals surface area contributed by atoms with E-state index in [-0.39, 0.29) is 5.91 Å². The maximum atomic E-state index is 11.5. The summed E-state index contributed by atoms with van der Waals surface area (Å²) in [6.07, 6.45) is 7.15. The minimum absolute atomic E-state index is 0.0284. The molecule has 0 unspecified atom stereocenters. The number of rotatable bonds is 4. The van der Waals surface area contributed by atoms with Crippen LogP contribution in [-0.2, 0) is 4.79 Å². The maximum absolute atomic E-state index is 11.5. The van der Waals surface area contributed by atoms with Gasteiger partial charge in [0.25, 0.3) is 0 Å². The predicted molar refractivity (Wildman–Crippen MR) is 70.2 cm³/mol. The first-order valence-corrected chi connectivity index (χ1v) is 6.05. The SMILES string of the molecule is Nc1cccc(/C=C/C(=O)NCC2CCC2)c1. The molecule has 1 fully saturated rings. The van der Waals surface area contributed by atoms with E-state index in [4.69, 9.17) is 5.73 Å². The average Bonchev–Trinajstić information content (AvgIpc) is 2.24. The number of carbonyl (C=O) groups excluding carboxylic acids is 1. The highest BCUT2D eigenvalue weighted by Gasteiger charge is 2.17. The standard InChI is InChI=1S/C14H18N2O/c15-13-6-2-3-11(9-13)7-8-14(17)16-10-12-4-1-5-12/h2-3,6-9,12H,1,4-5,10,15H2,(H,16,17)/b8-7+. The fourth-order valence-electron chi connectivity index (χ4n) is 1.84. The minimum Gasteiger partial charge on any atom is -0.399 e. The number of benzene rings is 1. The van der Waals surface area contributed by atoms with Crippen LogP contribution in [0.4, 0.5) is 5.69 Å². The van der Waals surface area contributed by atoms with Gasteiger partial charge in [0, 0.05) is 18.3 Å². The van der Waals surface area contributed by atoms with Crippen molar-refractivity contribution in [3.63, 3.8) is 0 Å². The van der Waals surface area contributed by atoms with Gasteiger partial charge < -0.3 is 11.1 Å². The Morgan fingerprint density at radius 2 is 2.29 bits per heavy atom. The number of anilines is 1. The van der Waals surface area contributed by atoms with Crippen LogP contribution in [0.5, 0.6) is 0 Å². The molecule has 1 aliphatic rings. The lowest BCUT2D eigenvalue weighted by Gasteiger charge is -2.24. The van der Waals surface area contributed by atoms with Crippen LogP contribution in [0, 0.1) is 5.92 Å². The van der Waals surface area contributed by atoms with E-state index in [1.165, 1.54) is 19.3 Å². The van der Waals surface area contributed by atoms with E-state index >= 15 is 0 Å². The largest absolute Gasteiger partial charge is 0.399 e. The monoisotopic (exact) mass is 230 g/mol. The summed E-state index contributed by atoms with van der Waals surface area (Å²) in [6.45, 7) is 0.806. The van der Waals surface area contributed by atoms with Gasteiger partial charge in [0.05, 0.1) is 0 Å². The van der Waals surface area contributed by atoms with E-state index in [0.717, 1.165) is 12.1 Å². The third kappa shape index (κ3) is 3.63. The first kappa shape index (κ1) is 11.7. The van der Waals surface area contributed by atoms with Crippen molar-refractivity contribution in [2.45, 2.75) is 19.3 Å². The summed E-state index contributed by atoms with van der Waals surface area (Å²) in [5, 5.41) is 2.91. The van der Waals surface area contributed by atoms with E-state index in [0.29, 0.717) is 11.6 Å². The van der Waals surface area contributed by atoms with E-state index in [1.807, 2.05) is 24.3 Å². The lowest BCUT2D eigenvalue weighted by Crippen LogP contribution is -2.30. The summed E-state index contributed by atoms with van der Waals surface area (Å²) in [6, 6.07) is 7.47. The van der Waals surface area contributed by atoms with Crippen LogP contribution in [0.15, 0.2) is 30.3 Å². The molecule has 3 nitrogen and oxygen atoms in total. The Kier molecular flexibility index (Phi) is 3.81. The van der Waals surface area contributed by atoms with E-state index in [9.17, 15) is 4.79 Å². The van der Waals surface area contributed by atoms with Gasteiger partial charge in [-0.1, -0.05) is 18.6 Å². The molecule has 17 heavy (non-hydrogen) atoms. The lowest BCUT2D eigenvalue weighted by atomic mass is 9.85. The molecule has 1 saturated carbocycles. The van der Waals surface area contributed by atoms with Crippen LogP contribution in [-0.4, -0.2) is 12.5 Å². The van der Waals surface area contributed by atoms with Crippen molar-refractivity contribution in [1.29, 1.82) is 0 Å². The fraction of sp³-hybridized carbons (Fsp3) is 0.357. The maximum Gasteiger partial charge on any atom is 0.244 e. The molecule has 1 aromatic carbocycles. The molecular weight excluding hydrogens is 212 g/mol. The number of carbonyl (C=O) groups is 1. The fourth-order valence-corrected chi connectivity index (χ4v) is 1.84. The summed E-state index contributed by atoms with van der Waals surface area (Å²) in [5.74, 6) is 0.666. The molecule has 0 saturated heterocycles. The second-order valence-electron chi connectivity index (χ2n) is 4.55. The molecule has 1 amide bonds. The quantitative estimate of drug-likeness (QED) is 0.615. The Morgan fingerprint density at radius 1 is 1.47 bits per heavy atom. The smallest absolute Gasteiger partial charge is 0.244 e. The van der Waals surface area contributed by atoms with Crippen LogP contribution in [0.3, 0.4) is 0 Å². The van der Waals surface area contributed by atoms with Gasteiger partial charge in [-0.05, 0) is 42.5 Å². The number of hydrogen-bond acceptors (Lipinski definition) is 2. The molecule has 3 heteroatoms. The Balaban J connectivity index is 1.80. The molecule has 0 atom stereocenters. The van der Waals surface area contributed by atoms with Crippen molar-refractivity contribution >= 4 is 17.7 Å². The third-order valence-corrected chi connectivity index (χ3v) is 3.13. The zero-order valence-electron chi connectivity index (χ0n) is 9.86. The molecule has 90 valence electrons. The summed E-state index contributed by atoms with van der Waals surface area (Å²) >= 11 is 0. The molecule has 0 heterocycles. The molecule has 2 rings (SSSR count). The van der Waals surface area contributed by atoms with Crippen LogP contribution >= 0.6 is 0 Å². The van der Waals surface area contributed by atoms with Gasteiger partial charge in [0.1, 0.15) is 0 Å². The molecule has 0 bridgehead atoms. The summed E-state index contributed by atoms with van der Waals surface area (Å²) in [7, 11) is 0. The lowest BCUT2D eigenvalue weighted by molar-refractivity contribution is -0.116. The number of amides is 1. The van der Waals surface area contributed by atoms with Gasteiger partial charge in [-0.3, -0.25) is 4.79 Å². The van der Waals surface area contributed by atoms with E-state index in [2.05, 4.69) is 5.32 Å². The normalized spacial score (nSPS) is 15.8. The van der Waals surface area contributed by atoms with E-state index in [1.54, 1.807) is 12.2 Å². The average molecular weight is 230 g/mol. The highest BCUT2D eigenvalue weighted by molar-refractivity contribution is 5.91. The second-order valence-corrected chi connectivity index (χ2v) is 4.55. The summed E-state index contributed by atoms with van der Waals surface area (Å²) in [4.78, 5) is 11.5. The van der Waals surface area contributed by atoms with Crippen molar-refractivity contribution in [2.24, 2.45) is 5.92 Å². The van der Waals surface area contributed by atoms with Gasteiger partial charge in [-0.25, -0.2) is 0 Å². The van der Waals surface area contributed by atoms with Gasteiger partial charge in [-0.2, -0.15) is 0 Å². The van der Waals surface area contributed by atoms with Crippen LogP contribution in [0.1, 0.15) is 24.8 Å². The van der Waals surface area contributed by atoms with Crippen molar-refractivity contribution in [1.82, 2.24) is 5.32 Å². The number of hydrogen-bond donors (Lipinski definition) is 2. The molecule has 0 aliphatic heterocycles. The molecule has 0 radical (unpaired) electrons. The molecule has 0 spiro atoms. The van der Waals surface area contributed by atoms with Crippen LogP contribution in [0.2, 0.25) is 0 Å². The summed E-state index contributed by atoms with van der Waals surface area (Å²) < 4.78 is 0. The zero-order valence-corrected chi connectivity index (χ0v) is 9.86. The van der Waals surface area contributed by atoms with Crippen LogP contribution < -0.4 is 11.1 Å². The molecule has 3 N–H and O–H groups in total. The van der Waals surface area contributed by atoms with Gasteiger partial charge >= 0.3 is 0 Å². The second kappa shape index (κ2) is 5.53.